The van der Waals surface area contributed by atoms with Gasteiger partial charge < -0.3 is 8.98 Å². The molecule has 0 aliphatic carbocycles. The summed E-state index contributed by atoms with van der Waals surface area (Å²) in [7, 11) is 0. The number of hydrogen-bond donors (Lipinski definition) is 0. The van der Waals surface area contributed by atoms with E-state index in [-0.39, 0.29) is 0 Å². The van der Waals surface area contributed by atoms with Crippen LogP contribution in [0.4, 0.5) is 0 Å². The van der Waals surface area contributed by atoms with Crippen LogP contribution in [0.25, 0.3) is 106 Å². The van der Waals surface area contributed by atoms with E-state index >= 15 is 0 Å². The summed E-state index contributed by atoms with van der Waals surface area (Å²) in [4.78, 5) is 19.8. The van der Waals surface area contributed by atoms with Crippen molar-refractivity contribution in [2.45, 2.75) is 0 Å². The van der Waals surface area contributed by atoms with Crippen LogP contribution in [0.15, 0.2) is 180 Å². The molecule has 0 bridgehead atoms. The maximum Gasteiger partial charge on any atom is 0.227 e. The van der Waals surface area contributed by atoms with Gasteiger partial charge in [0.15, 0.2) is 17.5 Å². The van der Waals surface area contributed by atoms with Gasteiger partial charge in [-0.1, -0.05) is 127 Å². The maximum atomic E-state index is 6.35. The molecule has 4 heterocycles. The predicted octanol–water partition coefficient (Wildman–Crippen LogP) is 12.1. The molecule has 6 heteroatoms. The van der Waals surface area contributed by atoms with Crippen molar-refractivity contribution in [3.05, 3.63) is 176 Å². The number of fused-ring (bicyclic) bond motifs is 7. The molecule has 0 N–H and O–H groups in total. The SMILES string of the molecule is c1ccc(-c2ccc(-c3nc(-c4ccc5c(-n6c7ccccc7c7ccccc76)cccc5c4)nc(-c4cccc5c4oc4ncccc45)n3)cc2)cc1. The van der Waals surface area contributed by atoms with Crippen LogP contribution >= 0.6 is 0 Å². The molecule has 4 aromatic heterocycles. The summed E-state index contributed by atoms with van der Waals surface area (Å²) in [5, 5.41) is 6.62. The van der Waals surface area contributed by atoms with Crippen molar-refractivity contribution in [3.8, 4) is 51.0 Å². The fraction of sp³-hybridized carbons (Fsp3) is 0. The Morgan fingerprint density at radius 2 is 1.02 bits per heavy atom. The third-order valence-corrected chi connectivity index (χ3v) is 10.3. The summed E-state index contributed by atoms with van der Waals surface area (Å²) < 4.78 is 8.72. The second-order valence-corrected chi connectivity index (χ2v) is 13.5. The first kappa shape index (κ1) is 30.2. The molecule has 54 heavy (non-hydrogen) atoms. The molecule has 11 rings (SSSR count). The van der Waals surface area contributed by atoms with E-state index in [1.54, 1.807) is 6.20 Å². The summed E-state index contributed by atoms with van der Waals surface area (Å²) in [6.07, 6.45) is 1.75. The summed E-state index contributed by atoms with van der Waals surface area (Å²) >= 11 is 0. The van der Waals surface area contributed by atoms with Crippen LogP contribution in [0, 0.1) is 0 Å². The zero-order valence-corrected chi connectivity index (χ0v) is 28.9. The van der Waals surface area contributed by atoms with Gasteiger partial charge in [0.1, 0.15) is 5.58 Å². The van der Waals surface area contributed by atoms with Gasteiger partial charge in [0.2, 0.25) is 5.71 Å². The Hall–Kier alpha value is -7.44. The fourth-order valence-electron chi connectivity index (χ4n) is 7.79. The molecule has 0 atom stereocenters. The molecule has 0 unspecified atom stereocenters. The second-order valence-electron chi connectivity index (χ2n) is 13.5. The average molecular weight is 692 g/mol. The largest absolute Gasteiger partial charge is 0.437 e. The van der Waals surface area contributed by atoms with E-state index in [2.05, 4.69) is 149 Å². The number of furan rings is 1. The third kappa shape index (κ3) is 4.81. The Kier molecular flexibility index (Phi) is 6.75. The first-order valence-corrected chi connectivity index (χ1v) is 18.0. The van der Waals surface area contributed by atoms with Crippen molar-refractivity contribution in [2.75, 3.05) is 0 Å². The normalized spacial score (nSPS) is 11.7. The summed E-state index contributed by atoms with van der Waals surface area (Å²) in [5.41, 5.74) is 9.61. The van der Waals surface area contributed by atoms with Crippen LogP contribution in [0.3, 0.4) is 0 Å². The van der Waals surface area contributed by atoms with E-state index in [0.717, 1.165) is 55.0 Å². The number of nitrogens with zero attached hydrogens (tertiary/aromatic N) is 5. The van der Waals surface area contributed by atoms with Crippen molar-refractivity contribution in [1.82, 2.24) is 24.5 Å². The zero-order chi connectivity index (χ0) is 35.6. The number of para-hydroxylation sites is 3. The van der Waals surface area contributed by atoms with E-state index in [4.69, 9.17) is 19.4 Å². The maximum absolute atomic E-state index is 6.35. The lowest BCUT2D eigenvalue weighted by atomic mass is 10.0. The first-order valence-electron chi connectivity index (χ1n) is 18.0. The van der Waals surface area contributed by atoms with Crippen LogP contribution in [0.5, 0.6) is 0 Å². The molecule has 0 aliphatic rings. The highest BCUT2D eigenvalue weighted by Gasteiger charge is 2.19. The van der Waals surface area contributed by atoms with Crippen molar-refractivity contribution >= 4 is 54.6 Å². The van der Waals surface area contributed by atoms with Crippen LogP contribution < -0.4 is 0 Å². The molecule has 0 fully saturated rings. The summed E-state index contributed by atoms with van der Waals surface area (Å²) in [6, 6.07) is 59.0. The highest BCUT2D eigenvalue weighted by molar-refractivity contribution is 6.11. The highest BCUT2D eigenvalue weighted by Crippen LogP contribution is 2.38. The first-order chi connectivity index (χ1) is 26.8. The van der Waals surface area contributed by atoms with Gasteiger partial charge in [0.25, 0.3) is 0 Å². The minimum atomic E-state index is 0.533. The quantitative estimate of drug-likeness (QED) is 0.180. The number of pyridine rings is 1. The number of hydrogen-bond acceptors (Lipinski definition) is 5. The Morgan fingerprint density at radius 1 is 0.407 bits per heavy atom. The van der Waals surface area contributed by atoms with Crippen LogP contribution in [0.2, 0.25) is 0 Å². The number of rotatable bonds is 5. The molecule has 0 aliphatic heterocycles. The molecular formula is C48H29N5O. The Balaban J connectivity index is 1.09. The fourth-order valence-corrected chi connectivity index (χ4v) is 7.79. The van der Waals surface area contributed by atoms with E-state index in [1.807, 2.05) is 30.3 Å². The number of benzene rings is 7. The van der Waals surface area contributed by atoms with Crippen molar-refractivity contribution in [3.63, 3.8) is 0 Å². The van der Waals surface area contributed by atoms with E-state index in [0.29, 0.717) is 28.8 Å². The van der Waals surface area contributed by atoms with Crippen molar-refractivity contribution in [1.29, 1.82) is 0 Å². The molecule has 7 aromatic carbocycles. The molecule has 11 aromatic rings. The molecule has 6 nitrogen and oxygen atoms in total. The van der Waals surface area contributed by atoms with Crippen molar-refractivity contribution in [2.24, 2.45) is 0 Å². The Bertz CT molecular complexity index is 3160. The molecule has 0 saturated heterocycles. The lowest BCUT2D eigenvalue weighted by Gasteiger charge is -2.13. The van der Waals surface area contributed by atoms with Gasteiger partial charge in [-0.05, 0) is 59.0 Å². The molecule has 0 amide bonds. The smallest absolute Gasteiger partial charge is 0.227 e. The average Bonchev–Trinajstić information content (AvgIpc) is 3.79. The van der Waals surface area contributed by atoms with Gasteiger partial charge in [-0.3, -0.25) is 0 Å². The minimum Gasteiger partial charge on any atom is -0.437 e. The van der Waals surface area contributed by atoms with Gasteiger partial charge in [0, 0.05) is 44.3 Å². The van der Waals surface area contributed by atoms with E-state index in [9.17, 15) is 0 Å². The van der Waals surface area contributed by atoms with Gasteiger partial charge in [-0.2, -0.15) is 0 Å². The van der Waals surface area contributed by atoms with Gasteiger partial charge >= 0.3 is 0 Å². The second kappa shape index (κ2) is 12.1. The Morgan fingerprint density at radius 3 is 1.81 bits per heavy atom. The predicted molar refractivity (Wildman–Crippen MR) is 218 cm³/mol. The molecule has 0 radical (unpaired) electrons. The van der Waals surface area contributed by atoms with Gasteiger partial charge in [-0.25, -0.2) is 19.9 Å². The molecule has 252 valence electrons. The third-order valence-electron chi connectivity index (χ3n) is 10.3. The molecule has 0 spiro atoms. The standard InChI is InChI=1S/C48H29N5O/c1-2-11-30(12-3-1)31-22-24-32(25-23-31)45-50-46(52-47(51-45)40-17-9-16-38-39-18-10-28-49-48(39)54-44(38)40)34-26-27-35-33(29-34)13-8-21-41(35)53-42-19-6-4-14-36(42)37-15-5-7-20-43(37)53/h1-29H. The van der Waals surface area contributed by atoms with E-state index < -0.39 is 0 Å². The van der Waals surface area contributed by atoms with Crippen molar-refractivity contribution < 1.29 is 4.42 Å². The van der Waals surface area contributed by atoms with Crippen LogP contribution in [0.1, 0.15) is 0 Å². The Labute approximate surface area is 309 Å². The lowest BCUT2D eigenvalue weighted by molar-refractivity contribution is 0.654. The van der Waals surface area contributed by atoms with Gasteiger partial charge in [-0.15, -0.1) is 0 Å². The minimum absolute atomic E-state index is 0.533. The van der Waals surface area contributed by atoms with Crippen LogP contribution in [-0.2, 0) is 0 Å². The molecule has 0 saturated carbocycles. The van der Waals surface area contributed by atoms with Gasteiger partial charge in [0.05, 0.1) is 22.3 Å². The topological polar surface area (TPSA) is 69.6 Å². The monoisotopic (exact) mass is 691 g/mol. The summed E-state index contributed by atoms with van der Waals surface area (Å²) in [6.45, 7) is 0. The zero-order valence-electron chi connectivity index (χ0n) is 28.9. The lowest BCUT2D eigenvalue weighted by Crippen LogP contribution is -2.01. The molecular weight excluding hydrogens is 663 g/mol. The van der Waals surface area contributed by atoms with E-state index in [1.165, 1.54) is 21.8 Å². The van der Waals surface area contributed by atoms with Crippen LogP contribution in [-0.4, -0.2) is 24.5 Å². The summed E-state index contributed by atoms with van der Waals surface area (Å²) in [5.74, 6) is 1.70. The number of aromatic nitrogens is 5. The highest BCUT2D eigenvalue weighted by atomic mass is 16.3.